The van der Waals surface area contributed by atoms with Crippen molar-refractivity contribution < 1.29 is 19.7 Å². The van der Waals surface area contributed by atoms with E-state index < -0.39 is 0 Å². The molecular weight excluding hydrogens is 282 g/mol. The fraction of sp³-hybridized carbons (Fsp3) is 0.588. The lowest BCUT2D eigenvalue weighted by molar-refractivity contribution is 0.0443. The molecule has 1 rings (SSSR count). The maximum Gasteiger partial charge on any atom is 0.338 e. The van der Waals surface area contributed by atoms with Crippen LogP contribution in [0.1, 0.15) is 36.7 Å². The number of nitrogens with zero attached hydrogens (tertiary/aromatic N) is 1. The van der Waals surface area contributed by atoms with Gasteiger partial charge in [0.1, 0.15) is 6.61 Å². The molecule has 124 valence electrons. The third kappa shape index (κ3) is 6.13. The second-order valence-electron chi connectivity index (χ2n) is 6.25. The number of benzene rings is 1. The third-order valence-corrected chi connectivity index (χ3v) is 3.46. The molecule has 5 nitrogen and oxygen atoms in total. The van der Waals surface area contributed by atoms with Gasteiger partial charge >= 0.3 is 5.97 Å². The highest BCUT2D eigenvalue weighted by Crippen LogP contribution is 2.22. The van der Waals surface area contributed by atoms with E-state index in [4.69, 9.17) is 14.9 Å². The fourth-order valence-electron chi connectivity index (χ4n) is 2.08. The Kier molecular flexibility index (Phi) is 7.51. The largest absolute Gasteiger partial charge is 0.461 e. The first-order valence-electron chi connectivity index (χ1n) is 7.60. The average Bonchev–Trinajstić information content (AvgIpc) is 2.47. The maximum absolute atomic E-state index is 12.0. The summed E-state index contributed by atoms with van der Waals surface area (Å²) in [6, 6.07) is 7.45. The summed E-state index contributed by atoms with van der Waals surface area (Å²) in [6.45, 7) is 8.04. The maximum atomic E-state index is 12.0. The first-order chi connectivity index (χ1) is 10.4. The van der Waals surface area contributed by atoms with Gasteiger partial charge in [0.25, 0.3) is 0 Å². The molecule has 2 N–H and O–H groups in total. The number of carbonyl (C=O) groups excluding carboxylic acids is 1. The zero-order valence-corrected chi connectivity index (χ0v) is 13.7. The van der Waals surface area contributed by atoms with Gasteiger partial charge in [-0.15, -0.1) is 0 Å². The van der Waals surface area contributed by atoms with Gasteiger partial charge in [0.2, 0.25) is 0 Å². The zero-order valence-electron chi connectivity index (χ0n) is 13.7. The smallest absolute Gasteiger partial charge is 0.338 e. The van der Waals surface area contributed by atoms with E-state index in [0.717, 1.165) is 0 Å². The lowest BCUT2D eigenvalue weighted by Crippen LogP contribution is -2.33. The van der Waals surface area contributed by atoms with Crippen LogP contribution in [-0.4, -0.2) is 60.5 Å². The van der Waals surface area contributed by atoms with E-state index in [2.05, 4.69) is 20.8 Å². The van der Waals surface area contributed by atoms with Crippen LogP contribution in [0.4, 0.5) is 0 Å². The van der Waals surface area contributed by atoms with Crippen molar-refractivity contribution in [2.24, 2.45) is 0 Å². The molecule has 0 saturated heterocycles. The van der Waals surface area contributed by atoms with Crippen LogP contribution < -0.4 is 0 Å². The molecule has 0 fully saturated rings. The molecule has 0 unspecified atom stereocenters. The molecule has 0 radical (unpaired) electrons. The Balaban J connectivity index is 2.48. The Hall–Kier alpha value is -1.43. The molecule has 0 bridgehead atoms. The van der Waals surface area contributed by atoms with Crippen LogP contribution in [0.2, 0.25) is 0 Å². The van der Waals surface area contributed by atoms with Crippen molar-refractivity contribution in [2.45, 2.75) is 26.2 Å². The highest BCUT2D eigenvalue weighted by molar-refractivity contribution is 5.89. The molecule has 0 aromatic heterocycles. The summed E-state index contributed by atoms with van der Waals surface area (Å²) in [7, 11) is 0. The van der Waals surface area contributed by atoms with Crippen molar-refractivity contribution in [3.63, 3.8) is 0 Å². The summed E-state index contributed by atoms with van der Waals surface area (Å²) in [5, 5.41) is 17.8. The summed E-state index contributed by atoms with van der Waals surface area (Å²) >= 11 is 0. The quantitative estimate of drug-likeness (QED) is 0.711. The predicted molar refractivity (Wildman–Crippen MR) is 86.0 cm³/mol. The number of rotatable bonds is 8. The van der Waals surface area contributed by atoms with Crippen LogP contribution in [0, 0.1) is 0 Å². The zero-order chi connectivity index (χ0) is 16.6. The standard InChI is InChI=1S/C17H27NO4/c1-17(2,3)15-6-4-14(5-7-15)16(21)22-13-10-18(8-11-19)9-12-20/h4-7,19-20H,8-13H2,1-3H3. The molecule has 0 saturated carbocycles. The van der Waals surface area contributed by atoms with Crippen molar-refractivity contribution in [3.8, 4) is 0 Å². The molecule has 1 aromatic rings. The number of hydrogen-bond donors (Lipinski definition) is 2. The van der Waals surface area contributed by atoms with Crippen LogP contribution in [-0.2, 0) is 10.2 Å². The van der Waals surface area contributed by atoms with Crippen molar-refractivity contribution >= 4 is 5.97 Å². The van der Waals surface area contributed by atoms with Gasteiger partial charge in [0.15, 0.2) is 0 Å². The minimum atomic E-state index is -0.353. The third-order valence-electron chi connectivity index (χ3n) is 3.46. The van der Waals surface area contributed by atoms with E-state index in [9.17, 15) is 4.79 Å². The molecule has 0 amide bonds. The van der Waals surface area contributed by atoms with Crippen molar-refractivity contribution in [2.75, 3.05) is 39.5 Å². The molecule has 0 spiro atoms. The number of aliphatic hydroxyl groups is 2. The predicted octanol–water partition coefficient (Wildman–Crippen LogP) is 1.43. The number of carbonyl (C=O) groups is 1. The number of esters is 1. The summed E-state index contributed by atoms with van der Waals surface area (Å²) in [6.07, 6.45) is 0. The topological polar surface area (TPSA) is 70.0 Å². The summed E-state index contributed by atoms with van der Waals surface area (Å²) in [5.41, 5.74) is 1.75. The molecule has 22 heavy (non-hydrogen) atoms. The molecule has 0 aliphatic rings. The van der Waals surface area contributed by atoms with Crippen molar-refractivity contribution in [1.29, 1.82) is 0 Å². The van der Waals surface area contributed by atoms with Gasteiger partial charge in [0.05, 0.1) is 18.8 Å². The van der Waals surface area contributed by atoms with Gasteiger partial charge in [-0.3, -0.25) is 4.90 Å². The van der Waals surface area contributed by atoms with Gasteiger partial charge in [-0.1, -0.05) is 32.9 Å². The number of aliphatic hydroxyl groups excluding tert-OH is 2. The molecule has 0 aliphatic carbocycles. The lowest BCUT2D eigenvalue weighted by atomic mass is 9.87. The van der Waals surface area contributed by atoms with Crippen molar-refractivity contribution in [1.82, 2.24) is 4.90 Å². The first-order valence-corrected chi connectivity index (χ1v) is 7.60. The van der Waals surface area contributed by atoms with Crippen LogP contribution >= 0.6 is 0 Å². The monoisotopic (exact) mass is 309 g/mol. The minimum Gasteiger partial charge on any atom is -0.461 e. The van der Waals surface area contributed by atoms with Gasteiger partial charge < -0.3 is 14.9 Å². The van der Waals surface area contributed by atoms with Gasteiger partial charge in [-0.2, -0.15) is 0 Å². The normalized spacial score (nSPS) is 11.7. The SMILES string of the molecule is CC(C)(C)c1ccc(C(=O)OCCN(CCO)CCO)cc1. The fourth-order valence-corrected chi connectivity index (χ4v) is 2.08. The van der Waals surface area contributed by atoms with Crippen LogP contribution in [0.5, 0.6) is 0 Å². The van der Waals surface area contributed by atoms with Gasteiger partial charge in [0, 0.05) is 19.6 Å². The number of hydrogen-bond acceptors (Lipinski definition) is 5. The Morgan fingerprint density at radius 3 is 2.05 bits per heavy atom. The van der Waals surface area contributed by atoms with E-state index in [-0.39, 0.29) is 31.2 Å². The molecule has 5 heteroatoms. The Morgan fingerprint density at radius 1 is 1.05 bits per heavy atom. The first kappa shape index (κ1) is 18.6. The molecule has 1 aromatic carbocycles. The van der Waals surface area contributed by atoms with E-state index in [1.165, 1.54) is 5.56 Å². The summed E-state index contributed by atoms with van der Waals surface area (Å²) in [4.78, 5) is 13.8. The van der Waals surface area contributed by atoms with E-state index in [1.54, 1.807) is 12.1 Å². The van der Waals surface area contributed by atoms with Crippen LogP contribution in [0.25, 0.3) is 0 Å². The second-order valence-corrected chi connectivity index (χ2v) is 6.25. The molecular formula is C17H27NO4. The average molecular weight is 309 g/mol. The Bertz CT molecular complexity index is 445. The molecule has 0 heterocycles. The highest BCUT2D eigenvalue weighted by Gasteiger charge is 2.15. The molecule has 0 atom stereocenters. The second kappa shape index (κ2) is 8.88. The Labute approximate surface area is 132 Å². The van der Waals surface area contributed by atoms with Gasteiger partial charge in [-0.05, 0) is 23.1 Å². The van der Waals surface area contributed by atoms with Crippen molar-refractivity contribution in [3.05, 3.63) is 35.4 Å². The molecule has 0 aliphatic heterocycles. The summed E-state index contributed by atoms with van der Waals surface area (Å²) in [5.74, 6) is -0.353. The minimum absolute atomic E-state index is 0.0161. The van der Waals surface area contributed by atoms with E-state index in [0.29, 0.717) is 25.2 Å². The summed E-state index contributed by atoms with van der Waals surface area (Å²) < 4.78 is 5.23. The van der Waals surface area contributed by atoms with Crippen LogP contribution in [0.15, 0.2) is 24.3 Å². The highest BCUT2D eigenvalue weighted by atomic mass is 16.5. The Morgan fingerprint density at radius 2 is 1.59 bits per heavy atom. The number of ether oxygens (including phenoxy) is 1. The van der Waals surface area contributed by atoms with E-state index >= 15 is 0 Å². The van der Waals surface area contributed by atoms with E-state index in [1.807, 2.05) is 17.0 Å². The lowest BCUT2D eigenvalue weighted by Gasteiger charge is -2.20. The van der Waals surface area contributed by atoms with Gasteiger partial charge in [-0.25, -0.2) is 4.79 Å². The van der Waals surface area contributed by atoms with Crippen LogP contribution in [0.3, 0.4) is 0 Å².